The Bertz CT molecular complexity index is 1280. The predicted octanol–water partition coefficient (Wildman–Crippen LogP) is 5.62. The molecule has 1 aliphatic rings. The van der Waals surface area contributed by atoms with Gasteiger partial charge < -0.3 is 14.3 Å². The van der Waals surface area contributed by atoms with Crippen molar-refractivity contribution in [2.75, 3.05) is 13.2 Å². The first kappa shape index (κ1) is 27.3. The standard InChI is InChI=1S/C31H35NO6/c1-20(2)26-19-37-31(36)32(26)30(35)25(17-22-11-5-4-6-12-22)29(34)28-18-24(23-13-9-10-21(3)16-23)27(38-28)14-7-8-15-33/h4-6,9-13,16,18,20,25-26,33H,7-8,14-15,17,19H2,1-3H3/t25-,26+/m0/s1. The Balaban J connectivity index is 1.73. The van der Waals surface area contributed by atoms with Gasteiger partial charge in [-0.3, -0.25) is 9.59 Å². The summed E-state index contributed by atoms with van der Waals surface area (Å²) in [5.41, 5.74) is 3.59. The van der Waals surface area contributed by atoms with Crippen LogP contribution in [0.1, 0.15) is 54.1 Å². The summed E-state index contributed by atoms with van der Waals surface area (Å²) in [6.45, 7) is 6.01. The van der Waals surface area contributed by atoms with E-state index in [1.807, 2.05) is 75.4 Å². The van der Waals surface area contributed by atoms with Gasteiger partial charge in [-0.25, -0.2) is 9.69 Å². The molecule has 38 heavy (non-hydrogen) atoms. The van der Waals surface area contributed by atoms with E-state index in [0.29, 0.717) is 25.0 Å². The smallest absolute Gasteiger partial charge is 0.417 e. The first-order chi connectivity index (χ1) is 18.3. The van der Waals surface area contributed by atoms with Crippen LogP contribution in [0.25, 0.3) is 11.1 Å². The summed E-state index contributed by atoms with van der Waals surface area (Å²) in [6, 6.07) is 18.5. The van der Waals surface area contributed by atoms with Gasteiger partial charge in [0.1, 0.15) is 18.3 Å². The second kappa shape index (κ2) is 12.2. The third kappa shape index (κ3) is 6.05. The molecule has 0 bridgehead atoms. The summed E-state index contributed by atoms with van der Waals surface area (Å²) in [7, 11) is 0. The van der Waals surface area contributed by atoms with Gasteiger partial charge in [-0.05, 0) is 49.3 Å². The second-order valence-electron chi connectivity index (χ2n) is 10.2. The maximum atomic E-state index is 14.0. The van der Waals surface area contributed by atoms with Gasteiger partial charge in [-0.2, -0.15) is 0 Å². The fraction of sp³-hybridized carbons (Fsp3) is 0.387. The van der Waals surface area contributed by atoms with E-state index in [9.17, 15) is 19.5 Å². The van der Waals surface area contributed by atoms with E-state index in [1.54, 1.807) is 6.07 Å². The van der Waals surface area contributed by atoms with Gasteiger partial charge in [0, 0.05) is 18.6 Å². The number of Topliss-reactive ketones (excluding diaryl/α,β-unsaturated/α-hetero) is 1. The molecule has 1 N–H and O–H groups in total. The number of carbonyl (C=O) groups is 3. The first-order valence-electron chi connectivity index (χ1n) is 13.2. The maximum Gasteiger partial charge on any atom is 0.417 e. The molecule has 0 aliphatic carbocycles. The molecule has 1 saturated heterocycles. The Morgan fingerprint density at radius 1 is 1.05 bits per heavy atom. The van der Waals surface area contributed by atoms with Crippen LogP contribution < -0.4 is 0 Å². The first-order valence-corrected chi connectivity index (χ1v) is 13.2. The number of unbranched alkanes of at least 4 members (excludes halogenated alkanes) is 1. The minimum Gasteiger partial charge on any atom is -0.457 e. The molecule has 7 heteroatoms. The van der Waals surface area contributed by atoms with Crippen LogP contribution >= 0.6 is 0 Å². The third-order valence-electron chi connectivity index (χ3n) is 7.00. The molecule has 3 aromatic rings. The number of aliphatic hydroxyl groups excluding tert-OH is 1. The summed E-state index contributed by atoms with van der Waals surface area (Å²) >= 11 is 0. The average molecular weight is 518 g/mol. The quantitative estimate of drug-likeness (QED) is 0.202. The van der Waals surface area contributed by atoms with E-state index in [4.69, 9.17) is 9.15 Å². The Hall–Kier alpha value is -3.71. The van der Waals surface area contributed by atoms with Gasteiger partial charge >= 0.3 is 6.09 Å². The van der Waals surface area contributed by atoms with Crippen LogP contribution in [-0.4, -0.2) is 47.0 Å². The second-order valence-corrected chi connectivity index (χ2v) is 10.2. The van der Waals surface area contributed by atoms with Crippen molar-refractivity contribution in [1.29, 1.82) is 0 Å². The Kier molecular flexibility index (Phi) is 8.79. The zero-order valence-corrected chi connectivity index (χ0v) is 22.2. The van der Waals surface area contributed by atoms with Crippen molar-refractivity contribution >= 4 is 17.8 Å². The van der Waals surface area contributed by atoms with E-state index in [-0.39, 0.29) is 31.3 Å². The number of aliphatic hydroxyl groups is 1. The lowest BCUT2D eigenvalue weighted by molar-refractivity contribution is -0.132. The van der Waals surface area contributed by atoms with E-state index in [2.05, 4.69) is 0 Å². The number of aryl methyl sites for hydroxylation is 2. The van der Waals surface area contributed by atoms with Gasteiger partial charge in [0.25, 0.3) is 0 Å². The number of ether oxygens (including phenoxy) is 1. The number of cyclic esters (lactones) is 1. The SMILES string of the molecule is Cc1cccc(-c2cc(C(=O)[C@H](Cc3ccccc3)C(=O)N3C(=O)OC[C@@H]3C(C)C)oc2CCCCO)c1. The highest BCUT2D eigenvalue weighted by atomic mass is 16.6. The number of hydrogen-bond donors (Lipinski definition) is 1. The van der Waals surface area contributed by atoms with Crippen molar-refractivity contribution in [1.82, 2.24) is 4.90 Å². The van der Waals surface area contributed by atoms with Gasteiger partial charge in [0.2, 0.25) is 11.7 Å². The average Bonchev–Trinajstić information content (AvgIpc) is 3.51. The summed E-state index contributed by atoms with van der Waals surface area (Å²) in [5, 5.41) is 9.26. The lowest BCUT2D eigenvalue weighted by Crippen LogP contribution is -2.47. The molecule has 2 heterocycles. The monoisotopic (exact) mass is 517 g/mol. The lowest BCUT2D eigenvalue weighted by atomic mass is 9.91. The molecule has 0 saturated carbocycles. The number of ketones is 1. The molecule has 2 amide bonds. The zero-order chi connectivity index (χ0) is 27.2. The lowest BCUT2D eigenvalue weighted by Gasteiger charge is -2.26. The minimum absolute atomic E-state index is 0.0208. The van der Waals surface area contributed by atoms with Crippen LogP contribution in [0.2, 0.25) is 0 Å². The Labute approximate surface area is 223 Å². The molecule has 7 nitrogen and oxygen atoms in total. The fourth-order valence-electron chi connectivity index (χ4n) is 4.85. The van der Waals surface area contributed by atoms with Crippen molar-refractivity contribution in [2.45, 2.75) is 52.5 Å². The van der Waals surface area contributed by atoms with Crippen LogP contribution in [0.15, 0.2) is 65.1 Å². The van der Waals surface area contributed by atoms with Crippen LogP contribution in [-0.2, 0) is 22.4 Å². The Morgan fingerprint density at radius 3 is 2.50 bits per heavy atom. The number of carbonyl (C=O) groups excluding carboxylic acids is 3. The molecule has 200 valence electrons. The maximum absolute atomic E-state index is 14.0. The summed E-state index contributed by atoms with van der Waals surface area (Å²) in [6.07, 6.45) is 1.26. The molecular formula is C31H35NO6. The molecule has 1 aliphatic heterocycles. The summed E-state index contributed by atoms with van der Waals surface area (Å²) in [4.78, 5) is 41.5. The van der Waals surface area contributed by atoms with Gasteiger partial charge in [0.15, 0.2) is 5.76 Å². The molecule has 1 fully saturated rings. The minimum atomic E-state index is -1.15. The highest BCUT2D eigenvalue weighted by Crippen LogP contribution is 2.32. The van der Waals surface area contributed by atoms with Crippen LogP contribution in [0.3, 0.4) is 0 Å². The van der Waals surface area contributed by atoms with Crippen molar-refractivity contribution in [3.63, 3.8) is 0 Å². The molecule has 0 unspecified atom stereocenters. The molecule has 4 rings (SSSR count). The molecule has 2 atom stereocenters. The summed E-state index contributed by atoms with van der Waals surface area (Å²) < 4.78 is 11.3. The zero-order valence-electron chi connectivity index (χ0n) is 22.2. The van der Waals surface area contributed by atoms with Crippen molar-refractivity contribution in [3.05, 3.63) is 83.3 Å². The van der Waals surface area contributed by atoms with Gasteiger partial charge in [0.05, 0.1) is 6.04 Å². The number of furan rings is 1. The molecule has 1 aromatic heterocycles. The highest BCUT2D eigenvalue weighted by molar-refractivity contribution is 6.12. The van der Waals surface area contributed by atoms with E-state index in [0.717, 1.165) is 27.2 Å². The number of nitrogens with zero attached hydrogens (tertiary/aromatic N) is 1. The van der Waals surface area contributed by atoms with Gasteiger partial charge in [-0.15, -0.1) is 0 Å². The van der Waals surface area contributed by atoms with Crippen molar-refractivity contribution in [2.24, 2.45) is 11.8 Å². The molecular weight excluding hydrogens is 482 g/mol. The summed E-state index contributed by atoms with van der Waals surface area (Å²) in [5.74, 6) is -1.49. The van der Waals surface area contributed by atoms with Gasteiger partial charge in [-0.1, -0.05) is 74.0 Å². The Morgan fingerprint density at radius 2 is 1.82 bits per heavy atom. The van der Waals surface area contributed by atoms with E-state index in [1.165, 1.54) is 0 Å². The van der Waals surface area contributed by atoms with Crippen LogP contribution in [0.4, 0.5) is 4.79 Å². The predicted molar refractivity (Wildman–Crippen MR) is 144 cm³/mol. The number of rotatable bonds is 11. The van der Waals surface area contributed by atoms with Crippen LogP contribution in [0.5, 0.6) is 0 Å². The van der Waals surface area contributed by atoms with Crippen LogP contribution in [0, 0.1) is 18.8 Å². The number of benzene rings is 2. The molecule has 2 aromatic carbocycles. The van der Waals surface area contributed by atoms with E-state index < -0.39 is 29.7 Å². The van der Waals surface area contributed by atoms with Crippen molar-refractivity contribution in [3.8, 4) is 11.1 Å². The van der Waals surface area contributed by atoms with E-state index >= 15 is 0 Å². The van der Waals surface area contributed by atoms with Crippen molar-refractivity contribution < 1.29 is 28.6 Å². The molecule has 0 radical (unpaired) electrons. The topological polar surface area (TPSA) is 97.1 Å². The fourth-order valence-corrected chi connectivity index (χ4v) is 4.85. The highest BCUT2D eigenvalue weighted by Gasteiger charge is 2.44. The largest absolute Gasteiger partial charge is 0.457 e. The normalized spacial score (nSPS) is 16.1. The number of hydrogen-bond acceptors (Lipinski definition) is 6. The third-order valence-corrected chi connectivity index (χ3v) is 7.00. The molecule has 0 spiro atoms. The number of imide groups is 1. The number of amides is 2.